The van der Waals surface area contributed by atoms with Crippen LogP contribution in [0.15, 0.2) is 24.3 Å². The van der Waals surface area contributed by atoms with E-state index >= 15 is 0 Å². The van der Waals surface area contributed by atoms with E-state index in [-0.39, 0.29) is 0 Å². The molecular weight excluding hydrogens is 162 g/mol. The van der Waals surface area contributed by atoms with E-state index < -0.39 is 0 Å². The van der Waals surface area contributed by atoms with E-state index in [0.717, 1.165) is 17.5 Å². The average molecular weight is 177 g/mol. The molecule has 0 atom stereocenters. The molecule has 1 aromatic carbocycles. The number of aromatic hydroxyl groups is 1. The van der Waals surface area contributed by atoms with Crippen LogP contribution in [0.4, 0.5) is 0 Å². The third-order valence-corrected chi connectivity index (χ3v) is 1.82. The Morgan fingerprint density at radius 2 is 2.23 bits per heavy atom. The number of phenolic OH excluding ortho intramolecular Hbond substituents is 1. The summed E-state index contributed by atoms with van der Waals surface area (Å²) in [5, 5.41) is 9.51. The SMILES string of the molecule is Cc1ccc(C=CCCN)c(O)c1. The van der Waals surface area contributed by atoms with Crippen LogP contribution in [-0.2, 0) is 0 Å². The third kappa shape index (κ3) is 2.92. The minimum Gasteiger partial charge on any atom is -0.507 e. The van der Waals surface area contributed by atoms with Gasteiger partial charge in [-0.25, -0.2) is 0 Å². The van der Waals surface area contributed by atoms with Crippen molar-refractivity contribution in [2.24, 2.45) is 5.73 Å². The third-order valence-electron chi connectivity index (χ3n) is 1.82. The summed E-state index contributed by atoms with van der Waals surface area (Å²) >= 11 is 0. The zero-order valence-corrected chi connectivity index (χ0v) is 7.83. The first-order valence-electron chi connectivity index (χ1n) is 4.40. The van der Waals surface area contributed by atoms with Crippen LogP contribution in [0, 0.1) is 6.92 Å². The maximum atomic E-state index is 9.51. The van der Waals surface area contributed by atoms with Crippen molar-refractivity contribution in [2.45, 2.75) is 13.3 Å². The smallest absolute Gasteiger partial charge is 0.123 e. The van der Waals surface area contributed by atoms with Crippen LogP contribution in [-0.4, -0.2) is 11.7 Å². The Kier molecular flexibility index (Phi) is 3.53. The molecule has 0 fully saturated rings. The molecule has 13 heavy (non-hydrogen) atoms. The summed E-state index contributed by atoms with van der Waals surface area (Å²) in [5.74, 6) is 0.327. The number of aryl methyl sites for hydroxylation is 1. The molecule has 3 N–H and O–H groups in total. The van der Waals surface area contributed by atoms with Crippen molar-refractivity contribution >= 4 is 6.08 Å². The largest absolute Gasteiger partial charge is 0.507 e. The van der Waals surface area contributed by atoms with Crippen LogP contribution in [0.1, 0.15) is 17.5 Å². The highest BCUT2D eigenvalue weighted by Crippen LogP contribution is 2.19. The van der Waals surface area contributed by atoms with Crippen LogP contribution < -0.4 is 5.73 Å². The fraction of sp³-hybridized carbons (Fsp3) is 0.273. The fourth-order valence-corrected chi connectivity index (χ4v) is 1.10. The van der Waals surface area contributed by atoms with Gasteiger partial charge in [-0.1, -0.05) is 24.3 Å². The summed E-state index contributed by atoms with van der Waals surface area (Å²) in [6.07, 6.45) is 4.69. The molecule has 0 radical (unpaired) electrons. The van der Waals surface area contributed by atoms with Gasteiger partial charge < -0.3 is 10.8 Å². The molecule has 0 saturated heterocycles. The lowest BCUT2D eigenvalue weighted by Gasteiger charge is -1.99. The second-order valence-electron chi connectivity index (χ2n) is 3.04. The van der Waals surface area contributed by atoms with Gasteiger partial charge in [0.25, 0.3) is 0 Å². The Bertz CT molecular complexity index is 305. The molecule has 70 valence electrons. The van der Waals surface area contributed by atoms with Gasteiger partial charge in [-0.2, -0.15) is 0 Å². The van der Waals surface area contributed by atoms with Gasteiger partial charge in [0.05, 0.1) is 0 Å². The van der Waals surface area contributed by atoms with E-state index in [1.54, 1.807) is 6.07 Å². The normalized spacial score (nSPS) is 10.9. The monoisotopic (exact) mass is 177 g/mol. The Hall–Kier alpha value is -1.28. The first kappa shape index (κ1) is 9.81. The zero-order chi connectivity index (χ0) is 9.68. The number of nitrogens with two attached hydrogens (primary N) is 1. The quantitative estimate of drug-likeness (QED) is 0.742. The van der Waals surface area contributed by atoms with Crippen molar-refractivity contribution < 1.29 is 5.11 Å². The van der Waals surface area contributed by atoms with Gasteiger partial charge >= 0.3 is 0 Å². The Labute approximate surface area is 78.7 Å². The molecule has 0 aliphatic heterocycles. The molecule has 0 aromatic heterocycles. The highest BCUT2D eigenvalue weighted by atomic mass is 16.3. The van der Waals surface area contributed by atoms with E-state index in [1.807, 2.05) is 31.2 Å². The van der Waals surface area contributed by atoms with Gasteiger partial charge in [0.1, 0.15) is 5.75 Å². The Morgan fingerprint density at radius 3 is 2.85 bits per heavy atom. The minimum absolute atomic E-state index is 0.327. The van der Waals surface area contributed by atoms with E-state index in [2.05, 4.69) is 0 Å². The van der Waals surface area contributed by atoms with E-state index in [1.165, 1.54) is 0 Å². The second kappa shape index (κ2) is 4.67. The summed E-state index contributed by atoms with van der Waals surface area (Å²) in [5.41, 5.74) is 7.25. The Balaban J connectivity index is 2.77. The van der Waals surface area contributed by atoms with Gasteiger partial charge in [-0.15, -0.1) is 0 Å². The molecular formula is C11H15NO. The van der Waals surface area contributed by atoms with Crippen molar-refractivity contribution in [3.63, 3.8) is 0 Å². The molecule has 0 saturated carbocycles. The number of hydrogen-bond donors (Lipinski definition) is 2. The van der Waals surface area contributed by atoms with Gasteiger partial charge in [0, 0.05) is 5.56 Å². The molecule has 1 aromatic rings. The van der Waals surface area contributed by atoms with Crippen LogP contribution in [0.2, 0.25) is 0 Å². The molecule has 0 spiro atoms. The Morgan fingerprint density at radius 1 is 1.46 bits per heavy atom. The first-order valence-corrected chi connectivity index (χ1v) is 4.40. The molecule has 0 bridgehead atoms. The average Bonchev–Trinajstić information content (AvgIpc) is 2.09. The van der Waals surface area contributed by atoms with Crippen molar-refractivity contribution in [1.82, 2.24) is 0 Å². The highest BCUT2D eigenvalue weighted by molar-refractivity contribution is 5.57. The standard InChI is InChI=1S/C11H15NO/c1-9-5-6-10(11(13)8-9)4-2-3-7-12/h2,4-6,8,13H,3,7,12H2,1H3. The predicted octanol–water partition coefficient (Wildman–Crippen LogP) is 2.06. The minimum atomic E-state index is 0.327. The van der Waals surface area contributed by atoms with Gasteiger partial charge in [-0.3, -0.25) is 0 Å². The number of phenols is 1. The van der Waals surface area contributed by atoms with E-state index in [0.29, 0.717) is 12.3 Å². The lowest BCUT2D eigenvalue weighted by molar-refractivity contribution is 0.473. The zero-order valence-electron chi connectivity index (χ0n) is 7.83. The predicted molar refractivity (Wildman–Crippen MR) is 55.5 cm³/mol. The lowest BCUT2D eigenvalue weighted by atomic mass is 10.1. The summed E-state index contributed by atoms with van der Waals surface area (Å²) in [6.45, 7) is 2.59. The maximum absolute atomic E-state index is 9.51. The summed E-state index contributed by atoms with van der Waals surface area (Å²) in [7, 11) is 0. The first-order chi connectivity index (χ1) is 6.24. The van der Waals surface area contributed by atoms with Crippen molar-refractivity contribution in [1.29, 1.82) is 0 Å². The van der Waals surface area contributed by atoms with Crippen molar-refractivity contribution in [3.05, 3.63) is 35.4 Å². The molecule has 1 rings (SSSR count). The lowest BCUT2D eigenvalue weighted by Crippen LogP contribution is -1.94. The molecule has 0 aliphatic rings. The van der Waals surface area contributed by atoms with Crippen LogP contribution in [0.25, 0.3) is 6.08 Å². The molecule has 0 heterocycles. The molecule has 0 amide bonds. The van der Waals surface area contributed by atoms with E-state index in [4.69, 9.17) is 5.73 Å². The molecule has 2 nitrogen and oxygen atoms in total. The maximum Gasteiger partial charge on any atom is 0.123 e. The fourth-order valence-electron chi connectivity index (χ4n) is 1.10. The summed E-state index contributed by atoms with van der Waals surface area (Å²) in [4.78, 5) is 0. The van der Waals surface area contributed by atoms with Gasteiger partial charge in [0.2, 0.25) is 0 Å². The number of rotatable bonds is 3. The van der Waals surface area contributed by atoms with Crippen LogP contribution >= 0.6 is 0 Å². The second-order valence-corrected chi connectivity index (χ2v) is 3.04. The molecule has 2 heteroatoms. The van der Waals surface area contributed by atoms with Crippen molar-refractivity contribution in [3.8, 4) is 5.75 Å². The van der Waals surface area contributed by atoms with Gasteiger partial charge in [0.15, 0.2) is 0 Å². The molecule has 0 unspecified atom stereocenters. The summed E-state index contributed by atoms with van der Waals surface area (Å²) in [6, 6.07) is 5.63. The van der Waals surface area contributed by atoms with Crippen molar-refractivity contribution in [2.75, 3.05) is 6.54 Å². The topological polar surface area (TPSA) is 46.2 Å². The number of hydrogen-bond acceptors (Lipinski definition) is 2. The van der Waals surface area contributed by atoms with E-state index in [9.17, 15) is 5.11 Å². The number of benzene rings is 1. The molecule has 0 aliphatic carbocycles. The van der Waals surface area contributed by atoms with Gasteiger partial charge in [-0.05, 0) is 31.5 Å². The highest BCUT2D eigenvalue weighted by Gasteiger charge is 1.95. The van der Waals surface area contributed by atoms with Crippen LogP contribution in [0.3, 0.4) is 0 Å². The van der Waals surface area contributed by atoms with Crippen LogP contribution in [0.5, 0.6) is 5.75 Å². The summed E-state index contributed by atoms with van der Waals surface area (Å²) < 4.78 is 0.